The first kappa shape index (κ1) is 18.7. The zero-order chi connectivity index (χ0) is 18.7. The number of hydrogen-bond acceptors (Lipinski definition) is 7. The molecule has 0 unspecified atom stereocenters. The van der Waals surface area contributed by atoms with E-state index in [1.807, 2.05) is 12.2 Å². The summed E-state index contributed by atoms with van der Waals surface area (Å²) in [4.78, 5) is 39.7. The van der Waals surface area contributed by atoms with Crippen molar-refractivity contribution in [2.45, 2.75) is 31.4 Å². The van der Waals surface area contributed by atoms with Crippen LogP contribution in [0.2, 0.25) is 0 Å². The smallest absolute Gasteiger partial charge is 0.374 e. The standard InChI is InChI=1S/C14H20N5O6P/c15-14-17-12-11(13(20)18-14)16-8-19(12)9-3-4-10(7-9)24-5-1-2-6-25-26(21,22)23/h3-4,8-10H,1-2,5-7H2,(H2,21,22,23)(H3,15,17,18,20)/t9-,10+/m0/s1. The summed E-state index contributed by atoms with van der Waals surface area (Å²) in [7, 11) is -4.40. The van der Waals surface area contributed by atoms with Crippen LogP contribution in [0.5, 0.6) is 0 Å². The van der Waals surface area contributed by atoms with Crippen molar-refractivity contribution >= 4 is 24.9 Å². The van der Waals surface area contributed by atoms with Crippen LogP contribution in [0.4, 0.5) is 5.95 Å². The van der Waals surface area contributed by atoms with Crippen LogP contribution >= 0.6 is 7.82 Å². The maximum absolute atomic E-state index is 11.8. The van der Waals surface area contributed by atoms with Gasteiger partial charge in [-0.25, -0.2) is 9.55 Å². The Morgan fingerprint density at radius 1 is 1.35 bits per heavy atom. The summed E-state index contributed by atoms with van der Waals surface area (Å²) in [6.45, 7) is 0.432. The van der Waals surface area contributed by atoms with Gasteiger partial charge in [-0.1, -0.05) is 12.2 Å². The van der Waals surface area contributed by atoms with Crippen LogP contribution < -0.4 is 11.3 Å². The summed E-state index contributed by atoms with van der Waals surface area (Å²) in [6.07, 6.45) is 7.13. The number of nitrogen functional groups attached to an aromatic ring is 1. The van der Waals surface area contributed by atoms with E-state index in [-0.39, 0.29) is 35.8 Å². The molecule has 2 aromatic rings. The number of ether oxygens (including phenoxy) is 1. The third-order valence-corrected chi connectivity index (χ3v) is 4.48. The molecule has 3 rings (SSSR count). The third kappa shape index (κ3) is 4.57. The minimum Gasteiger partial charge on any atom is -0.374 e. The summed E-state index contributed by atoms with van der Waals surface area (Å²) in [5, 5.41) is 0. The quantitative estimate of drug-likeness (QED) is 0.287. The van der Waals surface area contributed by atoms with Gasteiger partial charge in [-0.3, -0.25) is 14.3 Å². The van der Waals surface area contributed by atoms with E-state index in [0.29, 0.717) is 31.5 Å². The first-order valence-electron chi connectivity index (χ1n) is 8.06. The van der Waals surface area contributed by atoms with Crippen molar-refractivity contribution in [2.24, 2.45) is 0 Å². The molecule has 1 aliphatic carbocycles. The van der Waals surface area contributed by atoms with Crippen LogP contribution in [0.25, 0.3) is 11.2 Å². The van der Waals surface area contributed by atoms with Crippen LogP contribution in [-0.2, 0) is 13.8 Å². The Morgan fingerprint density at radius 3 is 2.88 bits per heavy atom. The second-order valence-corrected chi connectivity index (χ2v) is 7.14. The van der Waals surface area contributed by atoms with Crippen LogP contribution in [0, 0.1) is 0 Å². The number of aromatic amines is 1. The highest BCUT2D eigenvalue weighted by atomic mass is 31.2. The summed E-state index contributed by atoms with van der Waals surface area (Å²) in [5.41, 5.74) is 5.89. The fraction of sp³-hybridized carbons (Fsp3) is 0.500. The molecular formula is C14H20N5O6P. The Bertz CT molecular complexity index is 903. The number of phosphoric acid groups is 1. The average Bonchev–Trinajstić information content (AvgIpc) is 3.16. The Balaban J connectivity index is 1.50. The second kappa shape index (κ2) is 7.68. The summed E-state index contributed by atoms with van der Waals surface area (Å²) in [5.74, 6) is 0.0385. The van der Waals surface area contributed by atoms with E-state index in [0.717, 1.165) is 0 Å². The number of anilines is 1. The molecule has 0 amide bonds. The summed E-state index contributed by atoms with van der Waals surface area (Å²) < 4.78 is 22.4. The van der Waals surface area contributed by atoms with Gasteiger partial charge in [0.2, 0.25) is 5.95 Å². The normalized spacial score (nSPS) is 20.2. The van der Waals surface area contributed by atoms with Crippen LogP contribution in [0.1, 0.15) is 25.3 Å². The monoisotopic (exact) mass is 385 g/mol. The number of nitrogens with zero attached hydrogens (tertiary/aromatic N) is 3. The molecule has 1 aliphatic rings. The molecule has 0 bridgehead atoms. The zero-order valence-electron chi connectivity index (χ0n) is 13.8. The average molecular weight is 385 g/mol. The van der Waals surface area contributed by atoms with Gasteiger partial charge < -0.3 is 24.8 Å². The van der Waals surface area contributed by atoms with Gasteiger partial charge in [0.05, 0.1) is 25.1 Å². The van der Waals surface area contributed by atoms with Gasteiger partial charge in [0, 0.05) is 13.0 Å². The molecule has 142 valence electrons. The van der Waals surface area contributed by atoms with E-state index >= 15 is 0 Å². The highest BCUT2D eigenvalue weighted by Gasteiger charge is 2.23. The summed E-state index contributed by atoms with van der Waals surface area (Å²) in [6, 6.07) is -0.0447. The van der Waals surface area contributed by atoms with Gasteiger partial charge in [0.25, 0.3) is 5.56 Å². The predicted molar refractivity (Wildman–Crippen MR) is 92.3 cm³/mol. The van der Waals surface area contributed by atoms with Crippen molar-refractivity contribution in [1.29, 1.82) is 0 Å². The fourth-order valence-electron chi connectivity index (χ4n) is 2.79. The lowest BCUT2D eigenvalue weighted by molar-refractivity contribution is 0.0739. The van der Waals surface area contributed by atoms with E-state index < -0.39 is 7.82 Å². The van der Waals surface area contributed by atoms with E-state index in [9.17, 15) is 9.36 Å². The molecule has 11 nitrogen and oxygen atoms in total. The van der Waals surface area contributed by atoms with Gasteiger partial charge in [0.15, 0.2) is 11.2 Å². The van der Waals surface area contributed by atoms with Crippen LogP contribution in [0.3, 0.4) is 0 Å². The van der Waals surface area contributed by atoms with Gasteiger partial charge in [0.1, 0.15) is 0 Å². The lowest BCUT2D eigenvalue weighted by Crippen LogP contribution is -2.15. The molecule has 12 heteroatoms. The Morgan fingerprint density at radius 2 is 2.12 bits per heavy atom. The summed E-state index contributed by atoms with van der Waals surface area (Å²) >= 11 is 0. The van der Waals surface area contributed by atoms with Crippen molar-refractivity contribution in [3.8, 4) is 0 Å². The molecule has 0 fully saturated rings. The number of allylic oxidation sites excluding steroid dienone is 1. The van der Waals surface area contributed by atoms with E-state index in [1.165, 1.54) is 0 Å². The second-order valence-electron chi connectivity index (χ2n) is 5.90. The molecule has 0 saturated heterocycles. The van der Waals surface area contributed by atoms with Crippen molar-refractivity contribution in [1.82, 2.24) is 19.5 Å². The lowest BCUT2D eigenvalue weighted by atomic mass is 10.2. The fourth-order valence-corrected chi connectivity index (χ4v) is 3.15. The lowest BCUT2D eigenvalue weighted by Gasteiger charge is -2.14. The topological polar surface area (TPSA) is 166 Å². The first-order valence-corrected chi connectivity index (χ1v) is 9.59. The molecule has 2 heterocycles. The number of rotatable bonds is 8. The van der Waals surface area contributed by atoms with Crippen molar-refractivity contribution in [3.63, 3.8) is 0 Å². The van der Waals surface area contributed by atoms with Crippen LogP contribution in [-0.4, -0.2) is 48.6 Å². The molecule has 26 heavy (non-hydrogen) atoms. The van der Waals surface area contributed by atoms with E-state index in [1.54, 1.807) is 10.9 Å². The van der Waals surface area contributed by atoms with Gasteiger partial charge in [-0.15, -0.1) is 0 Å². The SMILES string of the molecule is Nc1nc2c(ncn2[C@H]2C=C[C@@H](OCCCCOP(=O)(O)O)C2)c(=O)[nH]1. The number of fused-ring (bicyclic) bond motifs is 1. The number of imidazole rings is 1. The number of nitrogens with one attached hydrogen (secondary N) is 1. The van der Waals surface area contributed by atoms with E-state index in [2.05, 4.69) is 19.5 Å². The number of unbranched alkanes of at least 4 members (excludes halogenated alkanes) is 1. The van der Waals surface area contributed by atoms with Crippen molar-refractivity contribution < 1.29 is 23.6 Å². The molecule has 0 aromatic carbocycles. The molecule has 0 saturated carbocycles. The molecule has 5 N–H and O–H groups in total. The van der Waals surface area contributed by atoms with Gasteiger partial charge in [-0.2, -0.15) is 4.98 Å². The number of hydrogen-bond donors (Lipinski definition) is 4. The first-order chi connectivity index (χ1) is 12.3. The molecule has 2 atom stereocenters. The highest BCUT2D eigenvalue weighted by Crippen LogP contribution is 2.35. The van der Waals surface area contributed by atoms with Crippen molar-refractivity contribution in [3.05, 3.63) is 28.8 Å². The van der Waals surface area contributed by atoms with Crippen LogP contribution in [0.15, 0.2) is 23.3 Å². The zero-order valence-corrected chi connectivity index (χ0v) is 14.7. The predicted octanol–water partition coefficient (Wildman–Crippen LogP) is 0.477. The van der Waals surface area contributed by atoms with E-state index in [4.69, 9.17) is 20.3 Å². The Labute approximate surface area is 148 Å². The van der Waals surface area contributed by atoms with Gasteiger partial charge >= 0.3 is 7.82 Å². The van der Waals surface area contributed by atoms with Gasteiger partial charge in [-0.05, 0) is 12.8 Å². The maximum atomic E-state index is 11.8. The minimum atomic E-state index is -4.40. The largest absolute Gasteiger partial charge is 0.469 e. The minimum absolute atomic E-state index is 0.0145. The molecule has 0 radical (unpaired) electrons. The maximum Gasteiger partial charge on any atom is 0.469 e. The number of phosphoric ester groups is 1. The molecular weight excluding hydrogens is 365 g/mol. The molecule has 0 aliphatic heterocycles. The number of H-pyrrole nitrogens is 1. The number of aromatic nitrogens is 4. The Hall–Kier alpha value is -2.04. The highest BCUT2D eigenvalue weighted by molar-refractivity contribution is 7.46. The third-order valence-electron chi connectivity index (χ3n) is 3.96. The molecule has 2 aromatic heterocycles. The molecule has 0 spiro atoms. The van der Waals surface area contributed by atoms with Crippen molar-refractivity contribution in [2.75, 3.05) is 18.9 Å². The Kier molecular flexibility index (Phi) is 5.54. The number of nitrogens with two attached hydrogens (primary N) is 1.